The van der Waals surface area contributed by atoms with E-state index in [1.54, 1.807) is 11.8 Å². The molecule has 0 aromatic heterocycles. The van der Waals surface area contributed by atoms with Crippen molar-refractivity contribution in [3.05, 3.63) is 24.3 Å². The molecule has 7 heteroatoms. The first-order valence-corrected chi connectivity index (χ1v) is 10.2. The Labute approximate surface area is 157 Å². The molecule has 6 nitrogen and oxygen atoms in total. The summed E-state index contributed by atoms with van der Waals surface area (Å²) in [4.78, 5) is 39.1. The van der Waals surface area contributed by atoms with Crippen LogP contribution in [0, 0.1) is 11.8 Å². The molecule has 2 fully saturated rings. The van der Waals surface area contributed by atoms with E-state index >= 15 is 0 Å². The third kappa shape index (κ3) is 5.00. The van der Waals surface area contributed by atoms with Crippen molar-refractivity contribution in [1.29, 1.82) is 0 Å². The topological polar surface area (TPSA) is 75.7 Å². The number of nitrogens with zero attached hydrogens (tertiary/aromatic N) is 1. The number of hydrogen-bond acceptors (Lipinski definition) is 5. The number of carbonyl (C=O) groups excluding carboxylic acids is 3. The van der Waals surface area contributed by atoms with Crippen LogP contribution in [0.2, 0.25) is 0 Å². The molecule has 1 N–H and O–H groups in total. The number of anilines is 1. The first-order chi connectivity index (χ1) is 12.6. The van der Waals surface area contributed by atoms with Crippen molar-refractivity contribution in [2.24, 2.45) is 11.8 Å². The molecule has 1 saturated carbocycles. The molecule has 0 atom stereocenters. The number of likely N-dealkylation sites (tertiary alicyclic amines) is 1. The molecule has 1 aromatic rings. The first kappa shape index (κ1) is 18.8. The molecule has 0 radical (unpaired) electrons. The van der Waals surface area contributed by atoms with Crippen molar-refractivity contribution in [1.82, 2.24) is 4.90 Å². The molecule has 2 amide bonds. The van der Waals surface area contributed by atoms with Crippen molar-refractivity contribution >= 4 is 35.2 Å². The van der Waals surface area contributed by atoms with Crippen LogP contribution in [0.3, 0.4) is 0 Å². The zero-order valence-electron chi connectivity index (χ0n) is 14.9. The fourth-order valence-electron chi connectivity index (χ4n) is 3.05. The number of hydrogen-bond donors (Lipinski definition) is 1. The van der Waals surface area contributed by atoms with Gasteiger partial charge < -0.3 is 15.0 Å². The molecule has 3 rings (SSSR count). The number of rotatable bonds is 6. The zero-order valence-corrected chi connectivity index (χ0v) is 15.7. The molecule has 1 heterocycles. The van der Waals surface area contributed by atoms with Crippen molar-refractivity contribution in [2.45, 2.75) is 30.6 Å². The van der Waals surface area contributed by atoms with Crippen LogP contribution in [0.4, 0.5) is 5.69 Å². The summed E-state index contributed by atoms with van der Waals surface area (Å²) in [5.41, 5.74) is 0.677. The van der Waals surface area contributed by atoms with Gasteiger partial charge in [0.25, 0.3) is 5.91 Å². The van der Waals surface area contributed by atoms with Crippen molar-refractivity contribution in [3.63, 3.8) is 0 Å². The summed E-state index contributed by atoms with van der Waals surface area (Å²) < 4.78 is 5.16. The van der Waals surface area contributed by atoms with Crippen molar-refractivity contribution in [2.75, 3.05) is 31.3 Å². The van der Waals surface area contributed by atoms with Gasteiger partial charge in [0.1, 0.15) is 0 Å². The minimum absolute atomic E-state index is 0.215. The molecule has 1 aliphatic carbocycles. The Hall–Kier alpha value is -2.02. The summed E-state index contributed by atoms with van der Waals surface area (Å²) in [6.45, 7) is 0.913. The van der Waals surface area contributed by atoms with E-state index in [1.165, 1.54) is 0 Å². The number of thioether (sulfide) groups is 1. The van der Waals surface area contributed by atoms with Gasteiger partial charge in [0.15, 0.2) is 6.61 Å². The van der Waals surface area contributed by atoms with Crippen LogP contribution < -0.4 is 5.32 Å². The lowest BCUT2D eigenvalue weighted by molar-refractivity contribution is -0.154. The Kier molecular flexibility index (Phi) is 6.19. The summed E-state index contributed by atoms with van der Waals surface area (Å²) in [6, 6.07) is 7.47. The Balaban J connectivity index is 1.38. The van der Waals surface area contributed by atoms with E-state index in [1.807, 2.05) is 35.4 Å². The number of piperidine rings is 1. The van der Waals surface area contributed by atoms with Crippen LogP contribution in [-0.4, -0.2) is 48.6 Å². The minimum Gasteiger partial charge on any atom is -0.455 e. The van der Waals surface area contributed by atoms with E-state index in [2.05, 4.69) is 5.32 Å². The summed E-state index contributed by atoms with van der Waals surface area (Å²) >= 11 is 1.63. The van der Waals surface area contributed by atoms with E-state index in [-0.39, 0.29) is 36.2 Å². The van der Waals surface area contributed by atoms with Gasteiger partial charge in [-0.1, -0.05) is 0 Å². The van der Waals surface area contributed by atoms with Gasteiger partial charge in [0.2, 0.25) is 5.91 Å². The highest BCUT2D eigenvalue weighted by atomic mass is 32.2. The lowest BCUT2D eigenvalue weighted by atomic mass is 9.97. The lowest BCUT2D eigenvalue weighted by Gasteiger charge is -2.31. The van der Waals surface area contributed by atoms with Crippen LogP contribution in [0.15, 0.2) is 29.2 Å². The number of benzene rings is 1. The van der Waals surface area contributed by atoms with Gasteiger partial charge in [-0.25, -0.2) is 0 Å². The van der Waals surface area contributed by atoms with E-state index in [0.717, 1.165) is 17.7 Å². The number of esters is 1. The van der Waals surface area contributed by atoms with E-state index in [0.29, 0.717) is 31.6 Å². The molecule has 0 bridgehead atoms. The van der Waals surface area contributed by atoms with Crippen LogP contribution in [0.1, 0.15) is 25.7 Å². The molecule has 0 spiro atoms. The zero-order chi connectivity index (χ0) is 18.5. The summed E-state index contributed by atoms with van der Waals surface area (Å²) in [6.07, 6.45) is 5.19. The summed E-state index contributed by atoms with van der Waals surface area (Å²) in [7, 11) is 0. The molecule has 1 aromatic carbocycles. The van der Waals surface area contributed by atoms with E-state index in [9.17, 15) is 14.4 Å². The number of ether oxygens (including phenoxy) is 1. The number of amides is 2. The fraction of sp³-hybridized carbons (Fsp3) is 0.526. The quantitative estimate of drug-likeness (QED) is 0.610. The normalized spacial score (nSPS) is 17.7. The maximum Gasteiger partial charge on any atom is 0.309 e. The highest BCUT2D eigenvalue weighted by Crippen LogP contribution is 2.32. The number of carbonyl (C=O) groups is 3. The average Bonchev–Trinajstić information content (AvgIpc) is 3.51. The molecule has 2 aliphatic rings. The minimum atomic E-state index is -0.351. The van der Waals surface area contributed by atoms with Gasteiger partial charge in [-0.05, 0) is 56.2 Å². The van der Waals surface area contributed by atoms with Crippen molar-refractivity contribution < 1.29 is 19.1 Å². The average molecular weight is 376 g/mol. The van der Waals surface area contributed by atoms with Crippen LogP contribution >= 0.6 is 11.8 Å². The molecule has 0 unspecified atom stereocenters. The first-order valence-electron chi connectivity index (χ1n) is 8.96. The maximum absolute atomic E-state index is 12.2. The molecule has 140 valence electrons. The molecular weight excluding hydrogens is 352 g/mol. The van der Waals surface area contributed by atoms with Crippen molar-refractivity contribution in [3.8, 4) is 0 Å². The predicted octanol–water partition coefficient (Wildman–Crippen LogP) is 2.54. The van der Waals surface area contributed by atoms with Crippen LogP contribution in [0.25, 0.3) is 0 Å². The van der Waals surface area contributed by atoms with Gasteiger partial charge in [0, 0.05) is 29.6 Å². The fourth-order valence-corrected chi connectivity index (χ4v) is 3.46. The third-order valence-electron chi connectivity index (χ3n) is 4.79. The predicted molar refractivity (Wildman–Crippen MR) is 99.8 cm³/mol. The summed E-state index contributed by atoms with van der Waals surface area (Å²) in [5.74, 6) is -0.490. The van der Waals surface area contributed by atoms with E-state index < -0.39 is 0 Å². The molecule has 1 saturated heterocycles. The second kappa shape index (κ2) is 8.58. The van der Waals surface area contributed by atoms with Crippen LogP contribution in [-0.2, 0) is 19.1 Å². The Morgan fingerprint density at radius 1 is 1.08 bits per heavy atom. The highest BCUT2D eigenvalue weighted by molar-refractivity contribution is 7.98. The Morgan fingerprint density at radius 2 is 1.73 bits per heavy atom. The molecule has 1 aliphatic heterocycles. The second-order valence-corrected chi connectivity index (χ2v) is 7.64. The lowest BCUT2D eigenvalue weighted by Crippen LogP contribution is -2.41. The van der Waals surface area contributed by atoms with Gasteiger partial charge in [-0.2, -0.15) is 0 Å². The third-order valence-corrected chi connectivity index (χ3v) is 5.53. The largest absolute Gasteiger partial charge is 0.455 e. The standard InChI is InChI=1S/C19H24N2O4S/c1-26-16-6-4-15(5-7-16)20-17(22)12-25-19(24)14-8-10-21(11-9-14)18(23)13-2-3-13/h4-7,13-14H,2-3,8-12H2,1H3,(H,20,22). The smallest absolute Gasteiger partial charge is 0.309 e. The highest BCUT2D eigenvalue weighted by Gasteiger charge is 2.36. The van der Waals surface area contributed by atoms with Gasteiger partial charge >= 0.3 is 5.97 Å². The van der Waals surface area contributed by atoms with Gasteiger partial charge in [0.05, 0.1) is 5.92 Å². The number of nitrogens with one attached hydrogen (secondary N) is 1. The molecular formula is C19H24N2O4S. The second-order valence-electron chi connectivity index (χ2n) is 6.76. The van der Waals surface area contributed by atoms with Crippen LogP contribution in [0.5, 0.6) is 0 Å². The Morgan fingerprint density at radius 3 is 2.31 bits per heavy atom. The summed E-state index contributed by atoms with van der Waals surface area (Å²) in [5, 5.41) is 2.71. The maximum atomic E-state index is 12.2. The van der Waals surface area contributed by atoms with E-state index in [4.69, 9.17) is 4.74 Å². The Bertz CT molecular complexity index is 665. The molecule has 26 heavy (non-hydrogen) atoms. The SMILES string of the molecule is CSc1ccc(NC(=O)COC(=O)C2CCN(C(=O)C3CC3)CC2)cc1. The van der Waals surface area contributed by atoms with Gasteiger partial charge in [-0.3, -0.25) is 14.4 Å². The van der Waals surface area contributed by atoms with Gasteiger partial charge in [-0.15, -0.1) is 11.8 Å². The monoisotopic (exact) mass is 376 g/mol.